The lowest BCUT2D eigenvalue weighted by molar-refractivity contribution is 0.828. The van der Waals surface area contributed by atoms with Crippen molar-refractivity contribution >= 4 is 71.0 Å². The number of hydrogen-bond donors (Lipinski definition) is 0. The van der Waals surface area contributed by atoms with Crippen molar-refractivity contribution in [1.82, 2.24) is 4.57 Å². The predicted molar refractivity (Wildman–Crippen MR) is 218 cm³/mol. The Morgan fingerprint density at radius 3 is 2.04 bits per heavy atom. The van der Waals surface area contributed by atoms with Gasteiger partial charge < -0.3 is 4.57 Å². The minimum atomic E-state index is 0.366. The van der Waals surface area contributed by atoms with Crippen LogP contribution in [0.2, 0.25) is 0 Å². The first-order valence-electron chi connectivity index (χ1n) is 18.0. The van der Waals surface area contributed by atoms with Gasteiger partial charge in [0, 0.05) is 33.2 Å². The van der Waals surface area contributed by atoms with Crippen molar-refractivity contribution in [3.8, 4) is 16.8 Å². The molecule has 1 aliphatic rings. The fraction of sp³-hybridized carbons (Fsp3) is 0.0400. The molecule has 9 aromatic carbocycles. The van der Waals surface area contributed by atoms with Crippen LogP contribution in [-0.4, -0.2) is 4.57 Å². The van der Waals surface area contributed by atoms with Crippen molar-refractivity contribution in [2.75, 3.05) is 0 Å². The molecule has 0 bridgehead atoms. The number of nitrogens with zero attached hydrogens (tertiary/aromatic N) is 1. The first-order valence-corrected chi connectivity index (χ1v) is 18.0. The lowest BCUT2D eigenvalue weighted by atomic mass is 9.84. The van der Waals surface area contributed by atoms with E-state index in [-0.39, 0.29) is 0 Å². The molecule has 0 fully saturated rings. The van der Waals surface area contributed by atoms with Gasteiger partial charge in [0.15, 0.2) is 0 Å². The van der Waals surface area contributed by atoms with Crippen LogP contribution in [0.3, 0.4) is 0 Å². The summed E-state index contributed by atoms with van der Waals surface area (Å²) in [5.41, 5.74) is 10.3. The number of aromatic nitrogens is 1. The van der Waals surface area contributed by atoms with Gasteiger partial charge in [-0.3, -0.25) is 0 Å². The normalized spacial score (nSPS) is 14.3. The van der Waals surface area contributed by atoms with Crippen LogP contribution in [-0.2, 0) is 6.42 Å². The van der Waals surface area contributed by atoms with Crippen LogP contribution >= 0.6 is 0 Å². The second-order valence-electron chi connectivity index (χ2n) is 14.0. The molecule has 0 N–H and O–H groups in total. The van der Waals surface area contributed by atoms with E-state index >= 15 is 0 Å². The van der Waals surface area contributed by atoms with Gasteiger partial charge in [0.1, 0.15) is 0 Å². The third kappa shape index (κ3) is 4.28. The van der Waals surface area contributed by atoms with Crippen molar-refractivity contribution < 1.29 is 0 Å². The number of benzene rings is 9. The average molecular weight is 648 g/mol. The summed E-state index contributed by atoms with van der Waals surface area (Å²) in [6.45, 7) is 0. The molecule has 1 heterocycles. The Bertz CT molecular complexity index is 3050. The molecule has 1 unspecified atom stereocenters. The Balaban J connectivity index is 1.16. The Morgan fingerprint density at radius 2 is 1.18 bits per heavy atom. The molecule has 1 heteroatoms. The Hall–Kier alpha value is -6.44. The second-order valence-corrected chi connectivity index (χ2v) is 14.0. The standard InChI is InChI=1S/C50H33N/c1-2-13-33(14-3-1)45-31-46-41-17-7-9-19-43(41)50-49(48(46)42-18-8-6-16-40(42)45)44-20-10-11-21-47(44)51(50)39-27-26-37-29-36(24-25-38(37)30-39)35-23-22-32-12-4-5-15-34(32)28-35/h1-28,30-31,36H,29H2. The second kappa shape index (κ2) is 11.0. The zero-order valence-corrected chi connectivity index (χ0v) is 28.1. The molecule has 0 radical (unpaired) electrons. The molecule has 0 spiro atoms. The first kappa shape index (κ1) is 28.4. The van der Waals surface area contributed by atoms with Gasteiger partial charge in [-0.2, -0.15) is 0 Å². The summed E-state index contributed by atoms with van der Waals surface area (Å²) in [4.78, 5) is 0. The summed E-state index contributed by atoms with van der Waals surface area (Å²) in [6, 6.07) is 62.9. The quantitative estimate of drug-likeness (QED) is 0.168. The van der Waals surface area contributed by atoms with Gasteiger partial charge in [0.25, 0.3) is 0 Å². The predicted octanol–water partition coefficient (Wildman–Crippen LogP) is 13.4. The van der Waals surface area contributed by atoms with E-state index in [2.05, 4.69) is 187 Å². The first-order chi connectivity index (χ1) is 25.3. The van der Waals surface area contributed by atoms with E-state index in [0.717, 1.165) is 6.42 Å². The Morgan fingerprint density at radius 1 is 0.471 bits per heavy atom. The zero-order chi connectivity index (χ0) is 33.5. The van der Waals surface area contributed by atoms with E-state index in [9.17, 15) is 0 Å². The summed E-state index contributed by atoms with van der Waals surface area (Å²) < 4.78 is 2.52. The van der Waals surface area contributed by atoms with Gasteiger partial charge >= 0.3 is 0 Å². The smallest absolute Gasteiger partial charge is 0.0626 e. The van der Waals surface area contributed by atoms with Crippen LogP contribution in [0, 0.1) is 0 Å². The Labute approximate surface area is 296 Å². The number of rotatable bonds is 3. The van der Waals surface area contributed by atoms with E-state index < -0.39 is 0 Å². The third-order valence-electron chi connectivity index (χ3n) is 11.3. The summed E-state index contributed by atoms with van der Waals surface area (Å²) in [5, 5.41) is 13.0. The Kier molecular flexibility index (Phi) is 6.15. The third-order valence-corrected chi connectivity index (χ3v) is 11.3. The number of allylic oxidation sites excluding steroid dienone is 1. The molecule has 51 heavy (non-hydrogen) atoms. The SMILES string of the molecule is C1=CC(c2ccc3ccccc3c2)Cc2ccc(-n3c4ccccc4c4c5c6ccccc6c(-c6ccccc6)cc5c5ccccc5c43)cc21. The van der Waals surface area contributed by atoms with E-state index in [4.69, 9.17) is 0 Å². The van der Waals surface area contributed by atoms with Gasteiger partial charge in [0.2, 0.25) is 0 Å². The molecule has 1 atom stereocenters. The molecule has 1 nitrogen and oxygen atoms in total. The highest BCUT2D eigenvalue weighted by Crippen LogP contribution is 2.47. The molecule has 1 aliphatic carbocycles. The van der Waals surface area contributed by atoms with Crippen LogP contribution in [0.5, 0.6) is 0 Å². The van der Waals surface area contributed by atoms with E-state index in [0.29, 0.717) is 5.92 Å². The largest absolute Gasteiger partial charge is 0.309 e. The van der Waals surface area contributed by atoms with Crippen LogP contribution in [0.1, 0.15) is 22.6 Å². The molecule has 1 aromatic heterocycles. The molecular weight excluding hydrogens is 615 g/mol. The molecule has 238 valence electrons. The van der Waals surface area contributed by atoms with Crippen LogP contribution in [0.25, 0.3) is 87.8 Å². The van der Waals surface area contributed by atoms with Gasteiger partial charge in [-0.05, 0) is 90.8 Å². The van der Waals surface area contributed by atoms with Crippen molar-refractivity contribution in [3.05, 3.63) is 193 Å². The van der Waals surface area contributed by atoms with Gasteiger partial charge in [-0.15, -0.1) is 0 Å². The molecule has 10 aromatic rings. The van der Waals surface area contributed by atoms with Crippen molar-refractivity contribution in [2.45, 2.75) is 12.3 Å². The van der Waals surface area contributed by atoms with Crippen molar-refractivity contribution in [1.29, 1.82) is 0 Å². The maximum Gasteiger partial charge on any atom is 0.0626 e. The molecule has 0 saturated carbocycles. The van der Waals surface area contributed by atoms with Crippen molar-refractivity contribution in [3.63, 3.8) is 0 Å². The summed E-state index contributed by atoms with van der Waals surface area (Å²) >= 11 is 0. The number of fused-ring (bicyclic) bond motifs is 12. The molecule has 0 saturated heterocycles. The lowest BCUT2D eigenvalue weighted by Gasteiger charge is -2.22. The highest BCUT2D eigenvalue weighted by molar-refractivity contribution is 6.38. The van der Waals surface area contributed by atoms with E-state index in [1.165, 1.54) is 98.4 Å². The summed E-state index contributed by atoms with van der Waals surface area (Å²) in [6.07, 6.45) is 5.75. The monoisotopic (exact) mass is 647 g/mol. The number of hydrogen-bond acceptors (Lipinski definition) is 0. The van der Waals surface area contributed by atoms with Gasteiger partial charge in [-0.25, -0.2) is 0 Å². The maximum atomic E-state index is 2.52. The minimum Gasteiger partial charge on any atom is -0.309 e. The van der Waals surface area contributed by atoms with Crippen LogP contribution in [0.15, 0.2) is 176 Å². The van der Waals surface area contributed by atoms with E-state index in [1.54, 1.807) is 0 Å². The van der Waals surface area contributed by atoms with Crippen molar-refractivity contribution in [2.24, 2.45) is 0 Å². The van der Waals surface area contributed by atoms with Gasteiger partial charge in [-0.1, -0.05) is 158 Å². The van der Waals surface area contributed by atoms with Gasteiger partial charge in [0.05, 0.1) is 11.0 Å². The summed E-state index contributed by atoms with van der Waals surface area (Å²) in [5.74, 6) is 0.366. The zero-order valence-electron chi connectivity index (χ0n) is 28.1. The maximum absolute atomic E-state index is 2.52. The lowest BCUT2D eigenvalue weighted by Crippen LogP contribution is -2.07. The topological polar surface area (TPSA) is 4.93 Å². The highest BCUT2D eigenvalue weighted by atomic mass is 15.0. The molecular formula is C50H33N. The minimum absolute atomic E-state index is 0.366. The fourth-order valence-electron chi connectivity index (χ4n) is 8.91. The molecule has 0 amide bonds. The highest BCUT2D eigenvalue weighted by Gasteiger charge is 2.23. The summed E-state index contributed by atoms with van der Waals surface area (Å²) in [7, 11) is 0. The van der Waals surface area contributed by atoms with Crippen LogP contribution in [0.4, 0.5) is 0 Å². The molecule has 11 rings (SSSR count). The number of para-hydroxylation sites is 1. The van der Waals surface area contributed by atoms with E-state index in [1.807, 2.05) is 0 Å². The van der Waals surface area contributed by atoms with Crippen LogP contribution < -0.4 is 0 Å². The molecule has 0 aliphatic heterocycles. The average Bonchev–Trinajstić information content (AvgIpc) is 3.55. The fourth-order valence-corrected chi connectivity index (χ4v) is 8.91.